The molecular weight excluding hydrogens is 292 g/mol. The van der Waals surface area contributed by atoms with Crippen molar-refractivity contribution in [2.24, 2.45) is 0 Å². The number of hydrogen-bond acceptors (Lipinski definition) is 3. The Kier molecular flexibility index (Phi) is 3.48. The summed E-state index contributed by atoms with van der Waals surface area (Å²) in [7, 11) is 1.72. The van der Waals surface area contributed by atoms with Gasteiger partial charge in [-0.15, -0.1) is 0 Å². The van der Waals surface area contributed by atoms with E-state index in [0.29, 0.717) is 6.04 Å². The number of nitrogens with zero attached hydrogens (tertiary/aromatic N) is 1. The highest BCUT2D eigenvalue weighted by Crippen LogP contribution is 2.33. The summed E-state index contributed by atoms with van der Waals surface area (Å²) < 4.78 is 6.46. The van der Waals surface area contributed by atoms with Crippen molar-refractivity contribution in [3.05, 3.63) is 22.7 Å². The molecule has 4 heteroatoms. The molecule has 2 aliphatic rings. The van der Waals surface area contributed by atoms with Gasteiger partial charge in [0.25, 0.3) is 0 Å². The lowest BCUT2D eigenvalue weighted by Gasteiger charge is -2.21. The van der Waals surface area contributed by atoms with Gasteiger partial charge in [0.05, 0.1) is 12.8 Å². The molecule has 1 aromatic carbocycles. The highest BCUT2D eigenvalue weighted by atomic mass is 79.9. The number of anilines is 1. The molecule has 1 unspecified atom stereocenters. The second kappa shape index (κ2) is 5.10. The summed E-state index contributed by atoms with van der Waals surface area (Å²) >= 11 is 3.64. The quantitative estimate of drug-likeness (QED) is 0.925. The van der Waals surface area contributed by atoms with Crippen LogP contribution in [0.5, 0.6) is 5.75 Å². The second-order valence-corrected chi connectivity index (χ2v) is 6.04. The van der Waals surface area contributed by atoms with Crippen LogP contribution >= 0.6 is 15.9 Å². The van der Waals surface area contributed by atoms with E-state index >= 15 is 0 Å². The van der Waals surface area contributed by atoms with Crippen molar-refractivity contribution in [1.29, 1.82) is 0 Å². The van der Waals surface area contributed by atoms with Gasteiger partial charge in [0.15, 0.2) is 0 Å². The van der Waals surface area contributed by atoms with Gasteiger partial charge in [-0.05, 0) is 47.3 Å². The van der Waals surface area contributed by atoms with Crippen LogP contribution in [-0.2, 0) is 0 Å². The minimum atomic E-state index is 0.649. The van der Waals surface area contributed by atoms with Crippen LogP contribution in [0, 0.1) is 0 Å². The minimum absolute atomic E-state index is 0.649. The third-order valence-electron chi connectivity index (χ3n) is 3.73. The van der Waals surface area contributed by atoms with Crippen molar-refractivity contribution in [3.8, 4) is 5.75 Å². The van der Waals surface area contributed by atoms with Gasteiger partial charge in [-0.2, -0.15) is 0 Å². The molecule has 1 saturated heterocycles. The molecule has 0 bridgehead atoms. The number of nitrogens with one attached hydrogen (secondary N) is 1. The van der Waals surface area contributed by atoms with E-state index in [0.717, 1.165) is 29.4 Å². The molecule has 1 atom stereocenters. The van der Waals surface area contributed by atoms with E-state index in [1.54, 1.807) is 7.11 Å². The van der Waals surface area contributed by atoms with Crippen molar-refractivity contribution >= 4 is 21.6 Å². The van der Waals surface area contributed by atoms with E-state index < -0.39 is 0 Å². The maximum atomic E-state index is 5.31. The molecule has 1 aromatic rings. The first-order valence-corrected chi connectivity index (χ1v) is 7.40. The van der Waals surface area contributed by atoms with E-state index in [2.05, 4.69) is 38.3 Å². The van der Waals surface area contributed by atoms with E-state index in [1.807, 2.05) is 6.07 Å². The summed E-state index contributed by atoms with van der Waals surface area (Å²) in [5.74, 6) is 0.923. The Bertz CT molecular complexity index is 434. The fraction of sp³-hybridized carbons (Fsp3) is 0.571. The van der Waals surface area contributed by atoms with Gasteiger partial charge in [0, 0.05) is 35.7 Å². The maximum absolute atomic E-state index is 5.31. The Labute approximate surface area is 117 Å². The van der Waals surface area contributed by atoms with Gasteiger partial charge in [0.1, 0.15) is 5.75 Å². The molecule has 1 aliphatic carbocycles. The van der Waals surface area contributed by atoms with Crippen LogP contribution in [0.4, 0.5) is 5.69 Å². The van der Waals surface area contributed by atoms with Crippen LogP contribution in [-0.4, -0.2) is 32.3 Å². The monoisotopic (exact) mass is 310 g/mol. The van der Waals surface area contributed by atoms with Gasteiger partial charge >= 0.3 is 0 Å². The summed E-state index contributed by atoms with van der Waals surface area (Å²) in [4.78, 5) is 2.44. The number of hydrogen-bond donors (Lipinski definition) is 1. The average molecular weight is 311 g/mol. The molecular formula is C14H19BrN2O. The molecule has 0 radical (unpaired) electrons. The molecule has 18 heavy (non-hydrogen) atoms. The summed E-state index contributed by atoms with van der Waals surface area (Å²) in [6.07, 6.45) is 3.96. The molecule has 1 saturated carbocycles. The van der Waals surface area contributed by atoms with E-state index in [-0.39, 0.29) is 0 Å². The zero-order valence-electron chi connectivity index (χ0n) is 10.7. The van der Waals surface area contributed by atoms with Crippen LogP contribution in [0.15, 0.2) is 22.7 Å². The van der Waals surface area contributed by atoms with Crippen molar-refractivity contribution < 1.29 is 4.74 Å². The van der Waals surface area contributed by atoms with Gasteiger partial charge in [-0.25, -0.2) is 0 Å². The highest BCUT2D eigenvalue weighted by Gasteiger charge is 2.29. The molecule has 0 spiro atoms. The molecule has 2 fully saturated rings. The Morgan fingerprint density at radius 2 is 2.11 bits per heavy atom. The van der Waals surface area contributed by atoms with Crippen LogP contribution in [0.3, 0.4) is 0 Å². The number of rotatable bonds is 4. The molecule has 3 rings (SSSR count). The van der Waals surface area contributed by atoms with E-state index in [9.17, 15) is 0 Å². The fourth-order valence-electron chi connectivity index (χ4n) is 2.56. The summed E-state index contributed by atoms with van der Waals surface area (Å²) in [6.45, 7) is 2.22. The summed E-state index contributed by atoms with van der Waals surface area (Å²) in [6, 6.07) is 7.61. The number of halogens is 1. The first-order chi connectivity index (χ1) is 8.76. The van der Waals surface area contributed by atoms with Crippen LogP contribution < -0.4 is 15.0 Å². The van der Waals surface area contributed by atoms with Crippen molar-refractivity contribution in [1.82, 2.24) is 5.32 Å². The second-order valence-electron chi connectivity index (χ2n) is 5.19. The predicted molar refractivity (Wildman–Crippen MR) is 77.5 cm³/mol. The van der Waals surface area contributed by atoms with E-state index in [1.165, 1.54) is 24.9 Å². The Morgan fingerprint density at radius 3 is 2.83 bits per heavy atom. The molecule has 0 amide bonds. The van der Waals surface area contributed by atoms with Gasteiger partial charge in [0.2, 0.25) is 0 Å². The third-order valence-corrected chi connectivity index (χ3v) is 4.40. The highest BCUT2D eigenvalue weighted by molar-refractivity contribution is 9.10. The maximum Gasteiger partial charge on any atom is 0.121 e. The molecule has 1 aliphatic heterocycles. The van der Waals surface area contributed by atoms with Crippen LogP contribution in [0.2, 0.25) is 0 Å². The van der Waals surface area contributed by atoms with Crippen molar-refractivity contribution in [2.75, 3.05) is 25.1 Å². The lowest BCUT2D eigenvalue weighted by molar-refractivity contribution is 0.414. The average Bonchev–Trinajstić information content (AvgIpc) is 3.07. The molecule has 1 heterocycles. The fourth-order valence-corrected chi connectivity index (χ4v) is 3.06. The minimum Gasteiger partial charge on any atom is -0.497 e. The predicted octanol–water partition coefficient (Wildman–Crippen LogP) is 2.79. The summed E-state index contributed by atoms with van der Waals surface area (Å²) in [5.41, 5.74) is 1.24. The summed E-state index contributed by atoms with van der Waals surface area (Å²) in [5, 5.41) is 3.71. The Balaban J connectivity index is 1.70. The number of methoxy groups -OCH3 is 1. The van der Waals surface area contributed by atoms with Gasteiger partial charge < -0.3 is 15.0 Å². The lowest BCUT2D eigenvalue weighted by atomic mass is 10.2. The third kappa shape index (κ3) is 2.64. The first-order valence-electron chi connectivity index (χ1n) is 6.61. The normalized spacial score (nSPS) is 23.4. The number of benzene rings is 1. The van der Waals surface area contributed by atoms with Crippen LogP contribution in [0.25, 0.3) is 0 Å². The Hall–Kier alpha value is -0.740. The van der Waals surface area contributed by atoms with Crippen molar-refractivity contribution in [2.45, 2.75) is 31.3 Å². The lowest BCUT2D eigenvalue weighted by Crippen LogP contribution is -2.34. The van der Waals surface area contributed by atoms with Gasteiger partial charge in [-0.3, -0.25) is 0 Å². The largest absolute Gasteiger partial charge is 0.497 e. The topological polar surface area (TPSA) is 24.5 Å². The smallest absolute Gasteiger partial charge is 0.121 e. The Morgan fingerprint density at radius 1 is 1.28 bits per heavy atom. The molecule has 0 aromatic heterocycles. The zero-order valence-corrected chi connectivity index (χ0v) is 12.2. The van der Waals surface area contributed by atoms with Gasteiger partial charge in [-0.1, -0.05) is 0 Å². The number of ether oxygens (including phenoxy) is 1. The van der Waals surface area contributed by atoms with Crippen molar-refractivity contribution in [3.63, 3.8) is 0 Å². The SMILES string of the molecule is COc1ccc(Br)c(N2CCC(NC3CC3)C2)c1. The zero-order chi connectivity index (χ0) is 12.5. The van der Waals surface area contributed by atoms with Crippen LogP contribution in [0.1, 0.15) is 19.3 Å². The standard InChI is InChI=1S/C14H19BrN2O/c1-18-12-4-5-13(15)14(8-12)17-7-6-11(9-17)16-10-2-3-10/h4-5,8,10-11,16H,2-3,6-7,9H2,1H3. The molecule has 1 N–H and O–H groups in total. The van der Waals surface area contributed by atoms with E-state index in [4.69, 9.17) is 4.74 Å². The molecule has 98 valence electrons. The molecule has 3 nitrogen and oxygen atoms in total. The first kappa shape index (κ1) is 12.3.